The molecule has 3 rings (SSSR count). The van der Waals surface area contributed by atoms with Gasteiger partial charge in [-0.15, -0.1) is 12.4 Å². The molecule has 0 spiro atoms. The Balaban J connectivity index is 0.00000176. The third kappa shape index (κ3) is 4.09. The Hall–Kier alpha value is -1.36. The van der Waals surface area contributed by atoms with E-state index in [9.17, 15) is 0 Å². The van der Waals surface area contributed by atoms with Gasteiger partial charge in [-0.2, -0.15) is 5.10 Å². The first kappa shape index (κ1) is 17.0. The quantitative estimate of drug-likeness (QED) is 0.888. The summed E-state index contributed by atoms with van der Waals surface area (Å²) in [5, 5.41) is 7.74. The third-order valence-corrected chi connectivity index (χ3v) is 4.15. The molecular formula is C17H25ClN4. The van der Waals surface area contributed by atoms with Crippen molar-refractivity contribution in [2.24, 2.45) is 0 Å². The highest BCUT2D eigenvalue weighted by Gasteiger charge is 2.21. The molecule has 1 atom stereocenters. The Morgan fingerprint density at radius 3 is 2.73 bits per heavy atom. The van der Waals surface area contributed by atoms with Crippen molar-refractivity contribution in [3.05, 3.63) is 48.3 Å². The minimum absolute atomic E-state index is 0. The minimum Gasteiger partial charge on any atom is -0.315 e. The molecule has 1 saturated heterocycles. The van der Waals surface area contributed by atoms with Crippen LogP contribution in [-0.4, -0.2) is 40.4 Å². The fourth-order valence-electron chi connectivity index (χ4n) is 3.04. The minimum atomic E-state index is 0. The van der Waals surface area contributed by atoms with E-state index < -0.39 is 0 Å². The largest absolute Gasteiger partial charge is 0.315 e. The van der Waals surface area contributed by atoms with Gasteiger partial charge in [-0.05, 0) is 49.7 Å². The fourth-order valence-corrected chi connectivity index (χ4v) is 3.04. The monoisotopic (exact) mass is 320 g/mol. The van der Waals surface area contributed by atoms with E-state index in [0.29, 0.717) is 6.04 Å². The Kier molecular flexibility index (Phi) is 6.43. The van der Waals surface area contributed by atoms with Crippen molar-refractivity contribution in [3.63, 3.8) is 0 Å². The molecule has 120 valence electrons. The number of nitrogens with one attached hydrogen (secondary N) is 1. The standard InChI is InChI=1S/C17H24N4.ClH/c1-2-11-20(17-8-10-18-13-17)14-15-4-6-16(7-5-15)21-12-3-9-19-21;/h3-7,9,12,17-18H,2,8,10-11,13-14H2,1H3;1H. The molecule has 2 heterocycles. The number of hydrogen-bond donors (Lipinski definition) is 1. The summed E-state index contributed by atoms with van der Waals surface area (Å²) in [7, 11) is 0. The first-order chi connectivity index (χ1) is 10.4. The number of nitrogens with zero attached hydrogens (tertiary/aromatic N) is 3. The molecule has 1 fully saturated rings. The first-order valence-electron chi connectivity index (χ1n) is 7.90. The van der Waals surface area contributed by atoms with Crippen LogP contribution in [0.2, 0.25) is 0 Å². The Morgan fingerprint density at radius 2 is 2.14 bits per heavy atom. The van der Waals surface area contributed by atoms with E-state index in [1.807, 2.05) is 23.1 Å². The second-order valence-electron chi connectivity index (χ2n) is 5.73. The van der Waals surface area contributed by atoms with Crippen molar-refractivity contribution in [1.82, 2.24) is 20.0 Å². The van der Waals surface area contributed by atoms with Crippen molar-refractivity contribution >= 4 is 12.4 Å². The van der Waals surface area contributed by atoms with Crippen LogP contribution in [0.3, 0.4) is 0 Å². The maximum atomic E-state index is 4.27. The molecule has 0 bridgehead atoms. The lowest BCUT2D eigenvalue weighted by molar-refractivity contribution is 0.199. The average Bonchev–Trinajstić information content (AvgIpc) is 3.21. The van der Waals surface area contributed by atoms with Crippen molar-refractivity contribution in [2.75, 3.05) is 19.6 Å². The highest BCUT2D eigenvalue weighted by atomic mass is 35.5. The Bertz CT molecular complexity index is 532. The number of rotatable bonds is 6. The van der Waals surface area contributed by atoms with Gasteiger partial charge in [0.25, 0.3) is 0 Å². The molecule has 4 nitrogen and oxygen atoms in total. The molecule has 2 aromatic rings. The second-order valence-corrected chi connectivity index (χ2v) is 5.73. The molecule has 0 radical (unpaired) electrons. The van der Waals surface area contributed by atoms with Crippen molar-refractivity contribution < 1.29 is 0 Å². The second kappa shape index (κ2) is 8.32. The summed E-state index contributed by atoms with van der Waals surface area (Å²) >= 11 is 0. The molecule has 0 amide bonds. The maximum Gasteiger partial charge on any atom is 0.0645 e. The first-order valence-corrected chi connectivity index (χ1v) is 7.90. The summed E-state index contributed by atoms with van der Waals surface area (Å²) in [5.74, 6) is 0. The van der Waals surface area contributed by atoms with Crippen LogP contribution in [0.15, 0.2) is 42.7 Å². The van der Waals surface area contributed by atoms with Gasteiger partial charge in [-0.1, -0.05) is 19.1 Å². The van der Waals surface area contributed by atoms with E-state index in [1.54, 1.807) is 0 Å². The normalized spacial score (nSPS) is 17.6. The lowest BCUT2D eigenvalue weighted by Gasteiger charge is -2.28. The summed E-state index contributed by atoms with van der Waals surface area (Å²) in [6.07, 6.45) is 6.26. The third-order valence-electron chi connectivity index (χ3n) is 4.15. The van der Waals surface area contributed by atoms with E-state index >= 15 is 0 Å². The molecule has 1 N–H and O–H groups in total. The van der Waals surface area contributed by atoms with Crippen molar-refractivity contribution in [3.8, 4) is 5.69 Å². The van der Waals surface area contributed by atoms with Gasteiger partial charge in [0, 0.05) is 31.5 Å². The average molecular weight is 321 g/mol. The van der Waals surface area contributed by atoms with E-state index in [2.05, 4.69) is 46.5 Å². The van der Waals surface area contributed by atoms with Gasteiger partial charge < -0.3 is 5.32 Å². The highest BCUT2D eigenvalue weighted by Crippen LogP contribution is 2.15. The van der Waals surface area contributed by atoms with Gasteiger partial charge in [0.15, 0.2) is 0 Å². The lowest BCUT2D eigenvalue weighted by atomic mass is 10.1. The van der Waals surface area contributed by atoms with Crippen LogP contribution in [0, 0.1) is 0 Å². The molecule has 22 heavy (non-hydrogen) atoms. The van der Waals surface area contributed by atoms with E-state index in [-0.39, 0.29) is 12.4 Å². The smallest absolute Gasteiger partial charge is 0.0645 e. The van der Waals surface area contributed by atoms with Crippen molar-refractivity contribution in [1.29, 1.82) is 0 Å². The molecule has 1 aliphatic rings. The zero-order valence-corrected chi connectivity index (χ0v) is 13.9. The molecule has 1 aromatic carbocycles. The Morgan fingerprint density at radius 1 is 1.32 bits per heavy atom. The highest BCUT2D eigenvalue weighted by molar-refractivity contribution is 5.85. The van der Waals surface area contributed by atoms with Crippen LogP contribution >= 0.6 is 12.4 Å². The van der Waals surface area contributed by atoms with E-state index in [0.717, 1.165) is 25.3 Å². The summed E-state index contributed by atoms with van der Waals surface area (Å²) in [6, 6.07) is 11.4. The SMILES string of the molecule is CCCN(Cc1ccc(-n2cccn2)cc1)C1CCNC1.Cl. The predicted molar refractivity (Wildman–Crippen MR) is 92.8 cm³/mol. The lowest BCUT2D eigenvalue weighted by Crippen LogP contribution is -2.36. The van der Waals surface area contributed by atoms with E-state index in [1.165, 1.54) is 24.9 Å². The number of hydrogen-bond acceptors (Lipinski definition) is 3. The van der Waals surface area contributed by atoms with Crippen LogP contribution in [0.5, 0.6) is 0 Å². The fraction of sp³-hybridized carbons (Fsp3) is 0.471. The topological polar surface area (TPSA) is 33.1 Å². The molecule has 1 aliphatic heterocycles. The van der Waals surface area contributed by atoms with Crippen LogP contribution in [0.1, 0.15) is 25.3 Å². The molecule has 1 aromatic heterocycles. The van der Waals surface area contributed by atoms with Gasteiger partial charge in [-0.3, -0.25) is 4.90 Å². The zero-order chi connectivity index (χ0) is 14.5. The summed E-state index contributed by atoms with van der Waals surface area (Å²) in [4.78, 5) is 2.61. The molecule has 0 aliphatic carbocycles. The Labute approximate surface area is 138 Å². The summed E-state index contributed by atoms with van der Waals surface area (Å²) in [5.41, 5.74) is 2.50. The number of aromatic nitrogens is 2. The van der Waals surface area contributed by atoms with Gasteiger partial charge in [0.1, 0.15) is 0 Å². The van der Waals surface area contributed by atoms with Crippen LogP contribution in [-0.2, 0) is 6.54 Å². The number of benzene rings is 1. The molecule has 0 saturated carbocycles. The maximum absolute atomic E-state index is 4.27. The van der Waals surface area contributed by atoms with Gasteiger partial charge >= 0.3 is 0 Å². The van der Waals surface area contributed by atoms with Crippen molar-refractivity contribution in [2.45, 2.75) is 32.4 Å². The van der Waals surface area contributed by atoms with E-state index in [4.69, 9.17) is 0 Å². The van der Waals surface area contributed by atoms with Crippen LogP contribution in [0.4, 0.5) is 0 Å². The molecule has 5 heteroatoms. The number of halogens is 1. The predicted octanol–water partition coefficient (Wildman–Crippen LogP) is 2.87. The van der Waals surface area contributed by atoms with Gasteiger partial charge in [0.2, 0.25) is 0 Å². The van der Waals surface area contributed by atoms with Crippen LogP contribution < -0.4 is 5.32 Å². The zero-order valence-electron chi connectivity index (χ0n) is 13.1. The summed E-state index contributed by atoms with van der Waals surface area (Å²) < 4.78 is 1.90. The summed E-state index contributed by atoms with van der Waals surface area (Å²) in [6.45, 7) is 6.76. The van der Waals surface area contributed by atoms with Gasteiger partial charge in [0.05, 0.1) is 5.69 Å². The van der Waals surface area contributed by atoms with Crippen LogP contribution in [0.25, 0.3) is 5.69 Å². The van der Waals surface area contributed by atoms with Gasteiger partial charge in [-0.25, -0.2) is 4.68 Å². The molecular weight excluding hydrogens is 296 g/mol. The molecule has 1 unspecified atom stereocenters.